The largest absolute Gasteiger partial charge is 0.480 e. The topological polar surface area (TPSA) is 92.4 Å². The van der Waals surface area contributed by atoms with Gasteiger partial charge in [0.1, 0.15) is 6.04 Å². The minimum Gasteiger partial charge on any atom is -0.480 e. The molecule has 1 unspecified atom stereocenters. The summed E-state index contributed by atoms with van der Waals surface area (Å²) in [6, 6.07) is 8.05. The van der Waals surface area contributed by atoms with Crippen LogP contribution in [0.3, 0.4) is 0 Å². The number of aliphatic carboxylic acids is 1. The molecule has 1 aromatic carbocycles. The second kappa shape index (κ2) is 6.52. The quantitative estimate of drug-likeness (QED) is 0.691. The Kier molecular flexibility index (Phi) is 5.00. The zero-order valence-corrected chi connectivity index (χ0v) is 9.43. The number of nitrogens with one attached hydrogen (secondary N) is 1. The number of nitrogens with two attached hydrogens (primary N) is 1. The molecule has 5 nitrogen and oxygen atoms in total. The molecule has 0 radical (unpaired) electrons. The molecule has 4 N–H and O–H groups in total. The summed E-state index contributed by atoms with van der Waals surface area (Å²) in [7, 11) is 0. The van der Waals surface area contributed by atoms with Crippen LogP contribution in [0.5, 0.6) is 0 Å². The summed E-state index contributed by atoms with van der Waals surface area (Å²) in [6.07, 6.45) is 1.83. The SMILES string of the molecule is NC(=O)NC(CCCc1ccccc1)C(=O)O. The third kappa shape index (κ3) is 5.01. The second-order valence-corrected chi connectivity index (χ2v) is 3.78. The average molecular weight is 236 g/mol. The number of carbonyl (C=O) groups is 2. The van der Waals surface area contributed by atoms with Gasteiger partial charge in [-0.15, -0.1) is 0 Å². The molecule has 1 aromatic rings. The first-order valence-corrected chi connectivity index (χ1v) is 5.42. The van der Waals surface area contributed by atoms with Crippen molar-refractivity contribution in [3.05, 3.63) is 35.9 Å². The molecule has 0 aromatic heterocycles. The van der Waals surface area contributed by atoms with Crippen LogP contribution in [0, 0.1) is 0 Å². The molecule has 0 saturated heterocycles. The van der Waals surface area contributed by atoms with E-state index < -0.39 is 18.0 Å². The molecular weight excluding hydrogens is 220 g/mol. The van der Waals surface area contributed by atoms with Crippen LogP contribution in [0.4, 0.5) is 4.79 Å². The van der Waals surface area contributed by atoms with Crippen molar-refractivity contribution in [2.75, 3.05) is 0 Å². The van der Waals surface area contributed by atoms with E-state index in [-0.39, 0.29) is 0 Å². The summed E-state index contributed by atoms with van der Waals surface area (Å²) < 4.78 is 0. The Morgan fingerprint density at radius 2 is 1.94 bits per heavy atom. The molecule has 92 valence electrons. The molecule has 0 spiro atoms. The molecule has 1 rings (SSSR count). The molecule has 17 heavy (non-hydrogen) atoms. The monoisotopic (exact) mass is 236 g/mol. The van der Waals surface area contributed by atoms with Gasteiger partial charge in [0.15, 0.2) is 0 Å². The maximum Gasteiger partial charge on any atom is 0.326 e. The van der Waals surface area contributed by atoms with Crippen molar-refractivity contribution in [2.45, 2.75) is 25.3 Å². The maximum absolute atomic E-state index is 10.8. The van der Waals surface area contributed by atoms with Gasteiger partial charge in [-0.2, -0.15) is 0 Å². The normalized spacial score (nSPS) is 11.8. The number of carboxylic acids is 1. The van der Waals surface area contributed by atoms with Crippen LogP contribution in [0.2, 0.25) is 0 Å². The molecule has 0 aliphatic rings. The summed E-state index contributed by atoms with van der Waals surface area (Å²) in [5, 5.41) is 11.1. The lowest BCUT2D eigenvalue weighted by molar-refractivity contribution is -0.139. The van der Waals surface area contributed by atoms with Gasteiger partial charge in [-0.3, -0.25) is 0 Å². The van der Waals surface area contributed by atoms with Crippen LogP contribution in [0.15, 0.2) is 30.3 Å². The Morgan fingerprint density at radius 1 is 1.29 bits per heavy atom. The fraction of sp³-hybridized carbons (Fsp3) is 0.333. The number of carbonyl (C=O) groups excluding carboxylic acids is 1. The zero-order valence-electron chi connectivity index (χ0n) is 9.43. The number of hydrogen-bond acceptors (Lipinski definition) is 2. The van der Waals surface area contributed by atoms with Crippen LogP contribution in [0.1, 0.15) is 18.4 Å². The van der Waals surface area contributed by atoms with Gasteiger partial charge in [0.25, 0.3) is 0 Å². The van der Waals surface area contributed by atoms with Crippen LogP contribution >= 0.6 is 0 Å². The van der Waals surface area contributed by atoms with Crippen molar-refractivity contribution >= 4 is 12.0 Å². The molecule has 0 aliphatic carbocycles. The Balaban J connectivity index is 2.37. The first-order chi connectivity index (χ1) is 8.09. The molecule has 0 saturated carbocycles. The summed E-state index contributed by atoms with van der Waals surface area (Å²) in [4.78, 5) is 21.4. The van der Waals surface area contributed by atoms with E-state index in [0.717, 1.165) is 12.0 Å². The van der Waals surface area contributed by atoms with Gasteiger partial charge in [-0.25, -0.2) is 9.59 Å². The van der Waals surface area contributed by atoms with Crippen molar-refractivity contribution < 1.29 is 14.7 Å². The number of benzene rings is 1. The standard InChI is InChI=1S/C12H16N2O3/c13-12(17)14-10(11(15)16)8-4-7-9-5-2-1-3-6-9/h1-3,5-6,10H,4,7-8H2,(H,15,16)(H3,13,14,17). The van der Waals surface area contributed by atoms with Crippen molar-refractivity contribution in [2.24, 2.45) is 5.73 Å². The van der Waals surface area contributed by atoms with Crippen LogP contribution in [-0.2, 0) is 11.2 Å². The van der Waals surface area contributed by atoms with Crippen molar-refractivity contribution in [3.63, 3.8) is 0 Å². The number of hydrogen-bond donors (Lipinski definition) is 3. The Hall–Kier alpha value is -2.04. The van der Waals surface area contributed by atoms with E-state index in [4.69, 9.17) is 10.8 Å². The van der Waals surface area contributed by atoms with Crippen molar-refractivity contribution in [3.8, 4) is 0 Å². The van der Waals surface area contributed by atoms with E-state index >= 15 is 0 Å². The Morgan fingerprint density at radius 3 is 2.47 bits per heavy atom. The molecule has 0 heterocycles. The molecule has 1 atom stereocenters. The lowest BCUT2D eigenvalue weighted by Crippen LogP contribution is -2.43. The van der Waals surface area contributed by atoms with E-state index in [9.17, 15) is 9.59 Å². The van der Waals surface area contributed by atoms with Gasteiger partial charge >= 0.3 is 12.0 Å². The van der Waals surface area contributed by atoms with E-state index in [0.29, 0.717) is 12.8 Å². The summed E-state index contributed by atoms with van der Waals surface area (Å²) in [5.74, 6) is -1.06. The summed E-state index contributed by atoms with van der Waals surface area (Å²) >= 11 is 0. The predicted octanol–water partition coefficient (Wildman–Crippen LogP) is 1.13. The van der Waals surface area contributed by atoms with Crippen LogP contribution < -0.4 is 11.1 Å². The highest BCUT2D eigenvalue weighted by molar-refractivity contribution is 5.81. The van der Waals surface area contributed by atoms with E-state index in [1.54, 1.807) is 0 Å². The molecular formula is C12H16N2O3. The minimum absolute atomic E-state index is 0.368. The van der Waals surface area contributed by atoms with Gasteiger partial charge in [0.05, 0.1) is 0 Å². The highest BCUT2D eigenvalue weighted by Crippen LogP contribution is 2.06. The van der Waals surface area contributed by atoms with E-state index in [1.165, 1.54) is 0 Å². The fourth-order valence-corrected chi connectivity index (χ4v) is 1.58. The predicted molar refractivity (Wildman–Crippen MR) is 63.5 cm³/mol. The first kappa shape index (κ1) is 13.0. The minimum atomic E-state index is -1.06. The van der Waals surface area contributed by atoms with Gasteiger partial charge in [0, 0.05) is 0 Å². The maximum atomic E-state index is 10.8. The molecule has 5 heteroatoms. The highest BCUT2D eigenvalue weighted by atomic mass is 16.4. The molecule has 0 aliphatic heterocycles. The Labute approximate surface area is 99.6 Å². The van der Waals surface area contributed by atoms with Gasteiger partial charge in [-0.05, 0) is 24.8 Å². The number of amides is 2. The van der Waals surface area contributed by atoms with Gasteiger partial charge < -0.3 is 16.2 Å². The lowest BCUT2D eigenvalue weighted by Gasteiger charge is -2.12. The molecule has 0 bridgehead atoms. The number of primary amides is 1. The smallest absolute Gasteiger partial charge is 0.326 e. The zero-order chi connectivity index (χ0) is 12.7. The number of rotatable bonds is 6. The summed E-state index contributed by atoms with van der Waals surface area (Å²) in [5.41, 5.74) is 6.05. The molecule has 0 fully saturated rings. The first-order valence-electron chi connectivity index (χ1n) is 5.42. The fourth-order valence-electron chi connectivity index (χ4n) is 1.58. The van der Waals surface area contributed by atoms with Gasteiger partial charge in [0.2, 0.25) is 0 Å². The van der Waals surface area contributed by atoms with Gasteiger partial charge in [-0.1, -0.05) is 30.3 Å². The van der Waals surface area contributed by atoms with E-state index in [2.05, 4.69) is 5.32 Å². The number of aryl methyl sites for hydroxylation is 1. The van der Waals surface area contributed by atoms with Crippen LogP contribution in [-0.4, -0.2) is 23.1 Å². The third-order valence-electron chi connectivity index (χ3n) is 2.42. The molecule has 2 amide bonds. The summed E-state index contributed by atoms with van der Waals surface area (Å²) in [6.45, 7) is 0. The third-order valence-corrected chi connectivity index (χ3v) is 2.42. The number of urea groups is 1. The number of carboxylic acid groups (broad SMARTS) is 1. The van der Waals surface area contributed by atoms with E-state index in [1.807, 2.05) is 30.3 Å². The lowest BCUT2D eigenvalue weighted by atomic mass is 10.0. The second-order valence-electron chi connectivity index (χ2n) is 3.78. The van der Waals surface area contributed by atoms with Crippen molar-refractivity contribution in [1.82, 2.24) is 5.32 Å². The van der Waals surface area contributed by atoms with Crippen molar-refractivity contribution in [1.29, 1.82) is 0 Å². The average Bonchev–Trinajstić information content (AvgIpc) is 2.28. The Bertz CT molecular complexity index is 379. The highest BCUT2D eigenvalue weighted by Gasteiger charge is 2.17. The van der Waals surface area contributed by atoms with Crippen LogP contribution in [0.25, 0.3) is 0 Å².